The molecule has 0 saturated carbocycles. The SMILES string of the molecule is COc1cc(C=CC(=O)OC[C@@H]2O[C@H](O[C@]3(CO)O[C@H](CO)[C@@H](O)[C@@H]3OC(=O)C=Cc3ccc(O)c(OC)c3)[C@H](O)[C@@H](O)[C@@H]2OC(C)=O)ccc1O. The highest BCUT2D eigenvalue weighted by molar-refractivity contribution is 5.88. The number of phenolic OH excluding ortho intramolecular Hbond substituents is 2. The summed E-state index contributed by atoms with van der Waals surface area (Å²) in [5, 5.41) is 72.7. The van der Waals surface area contributed by atoms with Crippen molar-refractivity contribution in [1.82, 2.24) is 0 Å². The van der Waals surface area contributed by atoms with Crippen LogP contribution in [0.15, 0.2) is 48.6 Å². The zero-order chi connectivity index (χ0) is 38.2. The Morgan fingerprint density at radius 2 is 1.38 bits per heavy atom. The molecular formula is C34H40O18. The van der Waals surface area contributed by atoms with Crippen molar-refractivity contribution < 1.29 is 88.0 Å². The molecule has 2 fully saturated rings. The fourth-order valence-corrected chi connectivity index (χ4v) is 5.38. The standard InChI is InChI=1S/C34H40O18/c1-17(37)48-31-25(15-47-26(40)10-6-18-4-8-20(38)22(12-18)45-2)49-33(30(44)29(31)43)52-34(16-36)32(28(42)24(14-35)51-34)50-27(41)11-7-19-5-9-21(39)23(13-19)46-3/h4-13,24-25,28-33,35-36,38-39,42-44H,14-16H2,1-3H3/t24-,25+,28-,29-,30-,31-,32+,33-,34+/m1/s1. The third-order valence-electron chi connectivity index (χ3n) is 8.00. The molecule has 4 rings (SSSR count). The number of hydrogen-bond donors (Lipinski definition) is 7. The van der Waals surface area contributed by atoms with Gasteiger partial charge in [-0.3, -0.25) is 4.79 Å². The Hall–Kier alpha value is -4.79. The lowest BCUT2D eigenvalue weighted by Crippen LogP contribution is -2.64. The third kappa shape index (κ3) is 9.35. The molecule has 0 bridgehead atoms. The molecule has 2 aromatic rings. The molecule has 0 aromatic heterocycles. The summed E-state index contributed by atoms with van der Waals surface area (Å²) in [6, 6.07) is 8.51. The van der Waals surface area contributed by atoms with Crippen molar-refractivity contribution in [1.29, 1.82) is 0 Å². The van der Waals surface area contributed by atoms with Gasteiger partial charge in [0.05, 0.1) is 20.8 Å². The van der Waals surface area contributed by atoms with Crippen molar-refractivity contribution in [3.05, 3.63) is 59.7 Å². The van der Waals surface area contributed by atoms with Gasteiger partial charge in [0.25, 0.3) is 0 Å². The van der Waals surface area contributed by atoms with Gasteiger partial charge in [-0.15, -0.1) is 0 Å². The average molecular weight is 737 g/mol. The van der Waals surface area contributed by atoms with Crippen molar-refractivity contribution in [2.75, 3.05) is 34.0 Å². The van der Waals surface area contributed by atoms with Crippen molar-refractivity contribution in [3.8, 4) is 23.0 Å². The largest absolute Gasteiger partial charge is 0.504 e. The van der Waals surface area contributed by atoms with E-state index in [-0.39, 0.29) is 23.0 Å². The molecule has 2 heterocycles. The highest BCUT2D eigenvalue weighted by Crippen LogP contribution is 2.38. The van der Waals surface area contributed by atoms with E-state index >= 15 is 0 Å². The van der Waals surface area contributed by atoms with E-state index in [1.54, 1.807) is 0 Å². The molecular weight excluding hydrogens is 696 g/mol. The maximum absolute atomic E-state index is 12.9. The molecule has 18 nitrogen and oxygen atoms in total. The number of phenols is 2. The van der Waals surface area contributed by atoms with E-state index in [0.717, 1.165) is 19.1 Å². The lowest BCUT2D eigenvalue weighted by Gasteiger charge is -2.44. The van der Waals surface area contributed by atoms with E-state index < -0.39 is 92.5 Å². The number of carbonyl (C=O) groups excluding carboxylic acids is 3. The van der Waals surface area contributed by atoms with Crippen LogP contribution in [0, 0.1) is 0 Å². The van der Waals surface area contributed by atoms with Crippen LogP contribution in [0.25, 0.3) is 12.2 Å². The molecule has 284 valence electrons. The molecule has 2 saturated heterocycles. The van der Waals surface area contributed by atoms with Gasteiger partial charge in [-0.25, -0.2) is 9.59 Å². The highest BCUT2D eigenvalue weighted by atomic mass is 16.8. The third-order valence-corrected chi connectivity index (χ3v) is 8.00. The zero-order valence-corrected chi connectivity index (χ0v) is 28.1. The molecule has 0 unspecified atom stereocenters. The van der Waals surface area contributed by atoms with Gasteiger partial charge in [-0.05, 0) is 47.5 Å². The Morgan fingerprint density at radius 1 is 0.808 bits per heavy atom. The van der Waals surface area contributed by atoms with Crippen molar-refractivity contribution in [2.24, 2.45) is 0 Å². The van der Waals surface area contributed by atoms with Crippen molar-refractivity contribution in [3.63, 3.8) is 0 Å². The molecule has 0 aliphatic carbocycles. The van der Waals surface area contributed by atoms with Gasteiger partial charge in [0.2, 0.25) is 5.79 Å². The topological polar surface area (TPSA) is 267 Å². The molecule has 0 amide bonds. The van der Waals surface area contributed by atoms with E-state index in [4.69, 9.17) is 37.9 Å². The summed E-state index contributed by atoms with van der Waals surface area (Å²) in [7, 11) is 2.68. The Morgan fingerprint density at radius 3 is 1.90 bits per heavy atom. The zero-order valence-electron chi connectivity index (χ0n) is 28.1. The maximum atomic E-state index is 12.9. The molecule has 52 heavy (non-hydrogen) atoms. The minimum Gasteiger partial charge on any atom is -0.504 e. The number of carbonyl (C=O) groups is 3. The van der Waals surface area contributed by atoms with Crippen LogP contribution in [0.3, 0.4) is 0 Å². The van der Waals surface area contributed by atoms with Crippen LogP contribution in [0.4, 0.5) is 0 Å². The second-order valence-corrected chi connectivity index (χ2v) is 11.5. The monoisotopic (exact) mass is 736 g/mol. The number of esters is 3. The Labute approximate surface area is 296 Å². The van der Waals surface area contributed by atoms with Crippen molar-refractivity contribution >= 4 is 30.1 Å². The minimum absolute atomic E-state index is 0.119. The number of aliphatic hydroxyl groups excluding tert-OH is 5. The van der Waals surface area contributed by atoms with Crippen molar-refractivity contribution in [2.45, 2.75) is 61.7 Å². The highest BCUT2D eigenvalue weighted by Gasteiger charge is 2.61. The van der Waals surface area contributed by atoms with Gasteiger partial charge in [-0.1, -0.05) is 12.1 Å². The second-order valence-electron chi connectivity index (χ2n) is 11.5. The lowest BCUT2D eigenvalue weighted by molar-refractivity contribution is -0.383. The van der Waals surface area contributed by atoms with Crippen LogP contribution < -0.4 is 9.47 Å². The van der Waals surface area contributed by atoms with E-state index in [0.29, 0.717) is 11.1 Å². The van der Waals surface area contributed by atoms with Crippen LogP contribution in [-0.2, 0) is 42.8 Å². The molecule has 0 spiro atoms. The van der Waals surface area contributed by atoms with Gasteiger partial charge in [0, 0.05) is 19.1 Å². The molecule has 18 heteroatoms. The summed E-state index contributed by atoms with van der Waals surface area (Å²) < 4.78 is 42.9. The first kappa shape index (κ1) is 40.0. The molecule has 9 atom stereocenters. The first-order valence-electron chi connectivity index (χ1n) is 15.7. The lowest BCUT2D eigenvalue weighted by atomic mass is 9.98. The number of ether oxygens (including phenoxy) is 8. The fraction of sp³-hybridized carbons (Fsp3) is 0.441. The molecule has 0 radical (unpaired) electrons. The summed E-state index contributed by atoms with van der Waals surface area (Å²) >= 11 is 0. The van der Waals surface area contributed by atoms with Gasteiger partial charge >= 0.3 is 17.9 Å². The molecule has 7 N–H and O–H groups in total. The molecule has 2 aliphatic rings. The fourth-order valence-electron chi connectivity index (χ4n) is 5.38. The van der Waals surface area contributed by atoms with Gasteiger partial charge in [0.15, 0.2) is 41.5 Å². The van der Waals surface area contributed by atoms with E-state index in [9.17, 15) is 50.1 Å². The van der Waals surface area contributed by atoms with Crippen LogP contribution in [0.5, 0.6) is 23.0 Å². The summed E-state index contributed by atoms with van der Waals surface area (Å²) in [5.74, 6) is -5.38. The van der Waals surface area contributed by atoms with E-state index in [2.05, 4.69) is 0 Å². The summed E-state index contributed by atoms with van der Waals surface area (Å²) in [6.07, 6.45) is -9.55. The quantitative estimate of drug-likeness (QED) is 0.0706. The average Bonchev–Trinajstić information content (AvgIpc) is 3.39. The predicted molar refractivity (Wildman–Crippen MR) is 173 cm³/mol. The first-order chi connectivity index (χ1) is 24.7. The molecule has 2 aromatic carbocycles. The summed E-state index contributed by atoms with van der Waals surface area (Å²) in [5.41, 5.74) is 0.872. The first-order valence-corrected chi connectivity index (χ1v) is 15.7. The van der Waals surface area contributed by atoms with Gasteiger partial charge in [-0.2, -0.15) is 0 Å². The predicted octanol–water partition coefficient (Wildman–Crippen LogP) is -0.868. The Kier molecular flexibility index (Phi) is 13.6. The number of hydrogen-bond acceptors (Lipinski definition) is 18. The number of methoxy groups -OCH3 is 2. The second kappa shape index (κ2) is 17.6. The number of aliphatic hydroxyl groups is 5. The Bertz CT molecular complexity index is 1630. The summed E-state index contributed by atoms with van der Waals surface area (Å²) in [6.45, 7) is -1.64. The van der Waals surface area contributed by atoms with Crippen LogP contribution in [0.2, 0.25) is 0 Å². The number of benzene rings is 2. The van der Waals surface area contributed by atoms with Gasteiger partial charge in [0.1, 0.15) is 43.7 Å². The maximum Gasteiger partial charge on any atom is 0.331 e. The smallest absolute Gasteiger partial charge is 0.331 e. The normalized spacial score (nSPS) is 28.8. The molecule has 2 aliphatic heterocycles. The summed E-state index contributed by atoms with van der Waals surface area (Å²) in [4.78, 5) is 37.3. The minimum atomic E-state index is -2.51. The number of aromatic hydroxyl groups is 2. The number of rotatable bonds is 14. The van der Waals surface area contributed by atoms with Gasteiger partial charge < -0.3 is 73.6 Å². The Balaban J connectivity index is 1.52. The van der Waals surface area contributed by atoms with Crippen LogP contribution in [-0.4, -0.2) is 142 Å². The van der Waals surface area contributed by atoms with Crippen LogP contribution in [0.1, 0.15) is 18.1 Å². The van der Waals surface area contributed by atoms with E-state index in [1.165, 1.54) is 62.8 Å². The van der Waals surface area contributed by atoms with Crippen LogP contribution >= 0.6 is 0 Å². The van der Waals surface area contributed by atoms with E-state index in [1.807, 2.05) is 0 Å².